The van der Waals surface area contributed by atoms with Crippen molar-refractivity contribution in [3.8, 4) is 11.5 Å². The predicted octanol–water partition coefficient (Wildman–Crippen LogP) is 2.82. The SMILES string of the molecule is CC(C)c1c(CC(C)(C)N)ccc2c1OCO2. The fraction of sp³-hybridized carbons (Fsp3) is 0.571. The summed E-state index contributed by atoms with van der Waals surface area (Å²) in [4.78, 5) is 0. The third-order valence-corrected chi connectivity index (χ3v) is 2.89. The van der Waals surface area contributed by atoms with Crippen molar-refractivity contribution in [2.24, 2.45) is 5.73 Å². The van der Waals surface area contributed by atoms with Crippen molar-refractivity contribution < 1.29 is 9.47 Å². The molecule has 0 spiro atoms. The predicted molar refractivity (Wildman–Crippen MR) is 68.6 cm³/mol. The second-order valence-corrected chi connectivity index (χ2v) is 5.69. The molecule has 1 heterocycles. The average molecular weight is 235 g/mol. The van der Waals surface area contributed by atoms with Crippen LogP contribution in [0.2, 0.25) is 0 Å². The van der Waals surface area contributed by atoms with Gasteiger partial charge in [0.15, 0.2) is 11.5 Å². The number of nitrogens with two attached hydrogens (primary N) is 1. The van der Waals surface area contributed by atoms with Crippen molar-refractivity contribution in [3.05, 3.63) is 23.3 Å². The minimum Gasteiger partial charge on any atom is -0.454 e. The van der Waals surface area contributed by atoms with E-state index in [2.05, 4.69) is 19.9 Å². The van der Waals surface area contributed by atoms with Crippen molar-refractivity contribution in [1.29, 1.82) is 0 Å². The lowest BCUT2D eigenvalue weighted by Gasteiger charge is -2.22. The monoisotopic (exact) mass is 235 g/mol. The molecule has 17 heavy (non-hydrogen) atoms. The van der Waals surface area contributed by atoms with Gasteiger partial charge < -0.3 is 15.2 Å². The largest absolute Gasteiger partial charge is 0.454 e. The first-order valence-corrected chi connectivity index (χ1v) is 6.09. The molecule has 1 aliphatic heterocycles. The van der Waals surface area contributed by atoms with Crippen LogP contribution in [0, 0.1) is 0 Å². The van der Waals surface area contributed by atoms with Crippen molar-refractivity contribution in [3.63, 3.8) is 0 Å². The van der Waals surface area contributed by atoms with Crippen LogP contribution in [0.15, 0.2) is 12.1 Å². The van der Waals surface area contributed by atoms with Gasteiger partial charge in [-0.3, -0.25) is 0 Å². The molecule has 94 valence electrons. The number of benzene rings is 1. The first kappa shape index (κ1) is 12.2. The second kappa shape index (κ2) is 4.22. The van der Waals surface area contributed by atoms with E-state index < -0.39 is 0 Å². The zero-order valence-electron chi connectivity index (χ0n) is 11.0. The van der Waals surface area contributed by atoms with Gasteiger partial charge in [-0.15, -0.1) is 0 Å². The van der Waals surface area contributed by atoms with Gasteiger partial charge in [-0.05, 0) is 37.8 Å². The van der Waals surface area contributed by atoms with E-state index in [1.165, 1.54) is 11.1 Å². The van der Waals surface area contributed by atoms with Gasteiger partial charge in [0, 0.05) is 11.1 Å². The van der Waals surface area contributed by atoms with Crippen LogP contribution in [0.5, 0.6) is 11.5 Å². The summed E-state index contributed by atoms with van der Waals surface area (Å²) in [7, 11) is 0. The first-order valence-electron chi connectivity index (χ1n) is 6.09. The maximum Gasteiger partial charge on any atom is 0.231 e. The van der Waals surface area contributed by atoms with Gasteiger partial charge in [-0.2, -0.15) is 0 Å². The van der Waals surface area contributed by atoms with Gasteiger partial charge in [0.1, 0.15) is 0 Å². The quantitative estimate of drug-likeness (QED) is 0.876. The Labute approximate surface area is 103 Å². The summed E-state index contributed by atoms with van der Waals surface area (Å²) in [5.74, 6) is 2.16. The Hall–Kier alpha value is -1.22. The molecule has 0 atom stereocenters. The van der Waals surface area contributed by atoms with E-state index in [9.17, 15) is 0 Å². The highest BCUT2D eigenvalue weighted by Gasteiger charge is 2.24. The van der Waals surface area contributed by atoms with E-state index >= 15 is 0 Å². The number of rotatable bonds is 3. The summed E-state index contributed by atoms with van der Waals surface area (Å²) in [6.07, 6.45) is 0.844. The minimum absolute atomic E-state index is 0.211. The highest BCUT2D eigenvalue weighted by molar-refractivity contribution is 5.53. The number of hydrogen-bond acceptors (Lipinski definition) is 3. The van der Waals surface area contributed by atoms with E-state index in [-0.39, 0.29) is 5.54 Å². The Bertz CT molecular complexity index is 419. The molecule has 1 aromatic rings. The van der Waals surface area contributed by atoms with Gasteiger partial charge in [0.2, 0.25) is 6.79 Å². The standard InChI is InChI=1S/C14H21NO2/c1-9(2)12-10(7-14(3,4)15)5-6-11-13(12)17-8-16-11/h5-6,9H,7-8,15H2,1-4H3. The van der Waals surface area contributed by atoms with Gasteiger partial charge in [-0.25, -0.2) is 0 Å². The van der Waals surface area contributed by atoms with Crippen LogP contribution in [-0.4, -0.2) is 12.3 Å². The molecule has 0 radical (unpaired) electrons. The lowest BCUT2D eigenvalue weighted by molar-refractivity contribution is 0.173. The number of hydrogen-bond donors (Lipinski definition) is 1. The maximum absolute atomic E-state index is 6.11. The van der Waals surface area contributed by atoms with E-state index in [0.717, 1.165) is 17.9 Å². The Morgan fingerprint density at radius 2 is 2.00 bits per heavy atom. The van der Waals surface area contributed by atoms with Crippen molar-refractivity contribution >= 4 is 0 Å². The molecule has 0 fully saturated rings. The van der Waals surface area contributed by atoms with Gasteiger partial charge in [0.05, 0.1) is 0 Å². The second-order valence-electron chi connectivity index (χ2n) is 5.69. The smallest absolute Gasteiger partial charge is 0.231 e. The van der Waals surface area contributed by atoms with Crippen molar-refractivity contribution in [2.75, 3.05) is 6.79 Å². The third-order valence-electron chi connectivity index (χ3n) is 2.89. The van der Waals surface area contributed by atoms with Gasteiger partial charge >= 0.3 is 0 Å². The van der Waals surface area contributed by atoms with Crippen LogP contribution < -0.4 is 15.2 Å². The fourth-order valence-electron chi connectivity index (χ4n) is 2.31. The van der Waals surface area contributed by atoms with E-state index in [4.69, 9.17) is 15.2 Å². The van der Waals surface area contributed by atoms with E-state index in [0.29, 0.717) is 12.7 Å². The van der Waals surface area contributed by atoms with E-state index in [1.54, 1.807) is 0 Å². The first-order chi connectivity index (χ1) is 7.88. The van der Waals surface area contributed by atoms with Crippen LogP contribution in [0.3, 0.4) is 0 Å². The Morgan fingerprint density at radius 3 is 2.59 bits per heavy atom. The Balaban J connectivity index is 2.46. The Morgan fingerprint density at radius 1 is 1.29 bits per heavy atom. The summed E-state index contributed by atoms with van der Waals surface area (Å²) in [5, 5.41) is 0. The normalized spacial score (nSPS) is 14.5. The van der Waals surface area contributed by atoms with Gasteiger partial charge in [0.25, 0.3) is 0 Å². The molecule has 0 amide bonds. The van der Waals surface area contributed by atoms with Crippen LogP contribution in [0.1, 0.15) is 44.7 Å². The van der Waals surface area contributed by atoms with Crippen molar-refractivity contribution in [2.45, 2.75) is 45.6 Å². The minimum atomic E-state index is -0.211. The fourth-order valence-corrected chi connectivity index (χ4v) is 2.31. The molecular weight excluding hydrogens is 214 g/mol. The molecule has 1 aliphatic rings. The Kier molecular flexibility index (Phi) is 3.04. The topological polar surface area (TPSA) is 44.5 Å². The molecule has 0 bridgehead atoms. The average Bonchev–Trinajstić information content (AvgIpc) is 2.61. The molecule has 3 nitrogen and oxygen atoms in total. The molecule has 0 unspecified atom stereocenters. The lowest BCUT2D eigenvalue weighted by Crippen LogP contribution is -2.34. The van der Waals surface area contributed by atoms with Gasteiger partial charge in [-0.1, -0.05) is 19.9 Å². The molecule has 0 saturated heterocycles. The summed E-state index contributed by atoms with van der Waals surface area (Å²) in [6, 6.07) is 4.09. The molecule has 0 saturated carbocycles. The number of ether oxygens (including phenoxy) is 2. The summed E-state index contributed by atoms with van der Waals surface area (Å²) >= 11 is 0. The summed E-state index contributed by atoms with van der Waals surface area (Å²) in [6.45, 7) is 8.75. The zero-order valence-corrected chi connectivity index (χ0v) is 11.0. The third kappa shape index (κ3) is 2.55. The zero-order chi connectivity index (χ0) is 12.6. The van der Waals surface area contributed by atoms with Crippen LogP contribution in [0.25, 0.3) is 0 Å². The van der Waals surface area contributed by atoms with Crippen molar-refractivity contribution in [1.82, 2.24) is 0 Å². The lowest BCUT2D eigenvalue weighted by atomic mass is 9.88. The van der Waals surface area contributed by atoms with Crippen LogP contribution in [0.4, 0.5) is 0 Å². The number of fused-ring (bicyclic) bond motifs is 1. The van der Waals surface area contributed by atoms with Crippen LogP contribution >= 0.6 is 0 Å². The molecule has 3 heteroatoms. The summed E-state index contributed by atoms with van der Waals surface area (Å²) in [5.41, 5.74) is 8.39. The molecular formula is C14H21NO2. The maximum atomic E-state index is 6.11. The highest BCUT2D eigenvalue weighted by Crippen LogP contribution is 2.41. The highest BCUT2D eigenvalue weighted by atomic mass is 16.7. The molecule has 2 rings (SSSR count). The van der Waals surface area contributed by atoms with Crippen LogP contribution in [-0.2, 0) is 6.42 Å². The molecule has 2 N–H and O–H groups in total. The molecule has 0 aliphatic carbocycles. The molecule has 0 aromatic heterocycles. The molecule has 1 aromatic carbocycles. The summed E-state index contributed by atoms with van der Waals surface area (Å²) < 4.78 is 11.0. The van der Waals surface area contributed by atoms with E-state index in [1.807, 2.05) is 19.9 Å².